The van der Waals surface area contributed by atoms with Crippen molar-refractivity contribution in [2.24, 2.45) is 0 Å². The van der Waals surface area contributed by atoms with Crippen molar-refractivity contribution in [2.45, 2.75) is 32.4 Å². The number of likely N-dealkylation sites (N-methyl/N-ethyl adjacent to an activating group) is 1. The van der Waals surface area contributed by atoms with Crippen LogP contribution < -0.4 is 16.4 Å². The molecule has 0 saturated heterocycles. The number of hydrogen-bond donors (Lipinski definition) is 4. The van der Waals surface area contributed by atoms with Crippen LogP contribution >= 0.6 is 22.9 Å². The van der Waals surface area contributed by atoms with Crippen molar-refractivity contribution in [1.29, 1.82) is 0 Å². The highest BCUT2D eigenvalue weighted by atomic mass is 35.5. The lowest BCUT2D eigenvalue weighted by Gasteiger charge is -2.24. The van der Waals surface area contributed by atoms with Gasteiger partial charge in [0.1, 0.15) is 0 Å². The Kier molecular flexibility index (Phi) is 6.51. The fraction of sp³-hybridized carbons (Fsp3) is 0.300. The summed E-state index contributed by atoms with van der Waals surface area (Å²) >= 11 is 7.76. The van der Waals surface area contributed by atoms with E-state index in [9.17, 15) is 9.90 Å². The number of benzene rings is 2. The Labute approximate surface area is 172 Å². The van der Waals surface area contributed by atoms with Crippen molar-refractivity contribution < 1.29 is 9.90 Å². The minimum Gasteiger partial charge on any atom is -0.381 e. The Morgan fingerprint density at radius 1 is 1.29 bits per heavy atom. The molecule has 6 nitrogen and oxygen atoms in total. The largest absolute Gasteiger partial charge is 0.381 e. The quantitative estimate of drug-likeness (QED) is 0.468. The molecule has 0 aliphatic heterocycles. The standard InChI is InChI=1S/C20H23ClN4O2S/c1-3-11-5-7-13(14(21)9-11)17(23-4-2)18(26)19(27)24-12-6-8-15-16(10-12)28-20(22)25-15/h5-10,17-18,23,26H,3-4H2,1-2H3,(H2,22,25)(H,24,27). The predicted molar refractivity (Wildman–Crippen MR) is 116 cm³/mol. The molecule has 1 amide bonds. The van der Waals surface area contributed by atoms with Gasteiger partial charge in [-0.05, 0) is 48.4 Å². The lowest BCUT2D eigenvalue weighted by molar-refractivity contribution is -0.125. The number of nitrogens with one attached hydrogen (secondary N) is 2. The lowest BCUT2D eigenvalue weighted by Crippen LogP contribution is -2.40. The topological polar surface area (TPSA) is 100 Å². The molecule has 5 N–H and O–H groups in total. The summed E-state index contributed by atoms with van der Waals surface area (Å²) in [5.41, 5.74) is 8.85. The molecule has 0 spiro atoms. The molecule has 2 aromatic carbocycles. The van der Waals surface area contributed by atoms with Gasteiger partial charge in [0, 0.05) is 10.7 Å². The second-order valence-corrected chi connectivity index (χ2v) is 7.88. The minimum absolute atomic E-state index is 0.468. The third-order valence-electron chi connectivity index (χ3n) is 4.49. The fourth-order valence-electron chi connectivity index (χ4n) is 3.04. The normalized spacial score (nSPS) is 13.4. The summed E-state index contributed by atoms with van der Waals surface area (Å²) in [6, 6.07) is 10.4. The van der Waals surface area contributed by atoms with E-state index in [2.05, 4.69) is 15.6 Å². The molecule has 148 valence electrons. The highest BCUT2D eigenvalue weighted by Gasteiger charge is 2.28. The monoisotopic (exact) mass is 418 g/mol. The van der Waals surface area contributed by atoms with Gasteiger partial charge in [0.25, 0.3) is 5.91 Å². The average Bonchev–Trinajstić information content (AvgIpc) is 3.05. The zero-order valence-electron chi connectivity index (χ0n) is 15.7. The van der Waals surface area contributed by atoms with E-state index in [1.165, 1.54) is 11.3 Å². The predicted octanol–water partition coefficient (Wildman–Crippen LogP) is 3.74. The van der Waals surface area contributed by atoms with Crippen molar-refractivity contribution in [3.8, 4) is 0 Å². The van der Waals surface area contributed by atoms with E-state index in [4.69, 9.17) is 17.3 Å². The zero-order valence-corrected chi connectivity index (χ0v) is 17.3. The van der Waals surface area contributed by atoms with E-state index in [0.717, 1.165) is 22.2 Å². The summed E-state index contributed by atoms with van der Waals surface area (Å²) in [7, 11) is 0. The third kappa shape index (κ3) is 4.44. The van der Waals surface area contributed by atoms with Gasteiger partial charge in [-0.15, -0.1) is 0 Å². The summed E-state index contributed by atoms with van der Waals surface area (Å²) in [4.78, 5) is 16.9. The number of fused-ring (bicyclic) bond motifs is 1. The van der Waals surface area contributed by atoms with E-state index in [1.807, 2.05) is 32.0 Å². The van der Waals surface area contributed by atoms with Gasteiger partial charge in [-0.3, -0.25) is 4.79 Å². The van der Waals surface area contributed by atoms with Crippen LogP contribution in [0.15, 0.2) is 36.4 Å². The highest BCUT2D eigenvalue weighted by Crippen LogP contribution is 2.29. The molecular formula is C20H23ClN4O2S. The summed E-state index contributed by atoms with van der Waals surface area (Å²) in [6.45, 7) is 4.53. The van der Waals surface area contributed by atoms with E-state index in [-0.39, 0.29) is 0 Å². The average molecular weight is 419 g/mol. The number of aromatic nitrogens is 1. The van der Waals surface area contributed by atoms with Crippen LogP contribution in [0.1, 0.15) is 31.0 Å². The van der Waals surface area contributed by atoms with Gasteiger partial charge in [0.15, 0.2) is 11.2 Å². The number of aliphatic hydroxyl groups excluding tert-OH is 1. The molecule has 0 radical (unpaired) electrons. The van der Waals surface area contributed by atoms with Gasteiger partial charge in [0.2, 0.25) is 0 Å². The molecule has 2 unspecified atom stereocenters. The maximum atomic E-state index is 12.7. The fourth-order valence-corrected chi connectivity index (χ4v) is 4.14. The van der Waals surface area contributed by atoms with Crippen LogP contribution in [0.2, 0.25) is 5.02 Å². The summed E-state index contributed by atoms with van der Waals surface area (Å²) < 4.78 is 0.867. The Morgan fingerprint density at radius 3 is 2.75 bits per heavy atom. The third-order valence-corrected chi connectivity index (χ3v) is 5.66. The Balaban J connectivity index is 1.81. The first-order valence-electron chi connectivity index (χ1n) is 9.09. The van der Waals surface area contributed by atoms with Crippen LogP contribution in [-0.4, -0.2) is 28.6 Å². The van der Waals surface area contributed by atoms with Crippen molar-refractivity contribution in [3.63, 3.8) is 0 Å². The molecule has 2 atom stereocenters. The number of thiazole rings is 1. The minimum atomic E-state index is -1.31. The molecule has 1 aromatic heterocycles. The molecule has 3 rings (SSSR count). The van der Waals surface area contributed by atoms with Crippen molar-refractivity contribution in [1.82, 2.24) is 10.3 Å². The van der Waals surface area contributed by atoms with Crippen LogP contribution in [0.4, 0.5) is 10.8 Å². The van der Waals surface area contributed by atoms with Crippen LogP contribution in [0.3, 0.4) is 0 Å². The van der Waals surface area contributed by atoms with E-state index < -0.39 is 18.1 Å². The van der Waals surface area contributed by atoms with Gasteiger partial charge in [0.05, 0.1) is 16.3 Å². The number of hydrogen-bond acceptors (Lipinski definition) is 6. The molecule has 1 heterocycles. The maximum absolute atomic E-state index is 12.7. The van der Waals surface area contributed by atoms with Crippen molar-refractivity contribution in [2.75, 3.05) is 17.6 Å². The number of carbonyl (C=O) groups is 1. The van der Waals surface area contributed by atoms with Crippen molar-refractivity contribution >= 4 is 49.9 Å². The first-order chi connectivity index (χ1) is 13.4. The van der Waals surface area contributed by atoms with Gasteiger partial charge in [-0.25, -0.2) is 4.98 Å². The SMILES string of the molecule is CCNC(c1ccc(CC)cc1Cl)C(O)C(=O)Nc1ccc2nc(N)sc2c1. The number of aryl methyl sites for hydroxylation is 1. The van der Waals surface area contributed by atoms with E-state index in [1.54, 1.807) is 18.2 Å². The summed E-state index contributed by atoms with van der Waals surface area (Å²) in [5, 5.41) is 17.6. The van der Waals surface area contributed by atoms with E-state index in [0.29, 0.717) is 27.9 Å². The molecule has 0 fully saturated rings. The second kappa shape index (κ2) is 8.87. The molecule has 3 aromatic rings. The number of rotatable bonds is 7. The number of carbonyl (C=O) groups excluding carboxylic acids is 1. The number of anilines is 2. The summed E-state index contributed by atoms with van der Waals surface area (Å²) in [5.74, 6) is -0.515. The lowest BCUT2D eigenvalue weighted by atomic mass is 9.98. The molecule has 0 aliphatic carbocycles. The summed E-state index contributed by atoms with van der Waals surface area (Å²) in [6.07, 6.45) is -0.452. The van der Waals surface area contributed by atoms with Crippen LogP contribution in [-0.2, 0) is 11.2 Å². The number of nitrogens with zero attached hydrogens (tertiary/aromatic N) is 1. The van der Waals surface area contributed by atoms with Crippen LogP contribution in [0.25, 0.3) is 10.2 Å². The van der Waals surface area contributed by atoms with Crippen LogP contribution in [0.5, 0.6) is 0 Å². The molecule has 8 heteroatoms. The Bertz CT molecular complexity index is 991. The molecule has 0 aliphatic rings. The number of aliphatic hydroxyl groups is 1. The maximum Gasteiger partial charge on any atom is 0.255 e. The van der Waals surface area contributed by atoms with Crippen molar-refractivity contribution in [3.05, 3.63) is 52.5 Å². The number of halogens is 1. The molecule has 28 heavy (non-hydrogen) atoms. The zero-order chi connectivity index (χ0) is 20.3. The Hall–Kier alpha value is -2.19. The number of nitrogens with two attached hydrogens (primary N) is 1. The molecule has 0 bridgehead atoms. The highest BCUT2D eigenvalue weighted by molar-refractivity contribution is 7.22. The first kappa shape index (κ1) is 20.5. The van der Waals surface area contributed by atoms with Gasteiger partial charge in [-0.2, -0.15) is 0 Å². The molecular weight excluding hydrogens is 396 g/mol. The van der Waals surface area contributed by atoms with Gasteiger partial charge >= 0.3 is 0 Å². The second-order valence-electron chi connectivity index (χ2n) is 6.41. The first-order valence-corrected chi connectivity index (χ1v) is 10.3. The smallest absolute Gasteiger partial charge is 0.255 e. The number of amides is 1. The van der Waals surface area contributed by atoms with E-state index >= 15 is 0 Å². The molecule has 0 saturated carbocycles. The Morgan fingerprint density at radius 2 is 2.07 bits per heavy atom. The van der Waals surface area contributed by atoms with Crippen LogP contribution in [0, 0.1) is 0 Å². The van der Waals surface area contributed by atoms with Gasteiger partial charge < -0.3 is 21.5 Å². The number of nitrogen functional groups attached to an aromatic ring is 1. The van der Waals surface area contributed by atoms with Gasteiger partial charge in [-0.1, -0.05) is 48.9 Å².